The highest BCUT2D eigenvalue weighted by Crippen LogP contribution is 2.38. The summed E-state index contributed by atoms with van der Waals surface area (Å²) < 4.78 is 21.2. The minimum absolute atomic E-state index is 0.285. The number of benzene rings is 3. The van der Waals surface area contributed by atoms with Crippen molar-refractivity contribution in [3.05, 3.63) is 84.7 Å². The first-order chi connectivity index (χ1) is 14.5. The van der Waals surface area contributed by atoms with Crippen molar-refractivity contribution >= 4 is 10.9 Å². The van der Waals surface area contributed by atoms with E-state index in [0.29, 0.717) is 11.7 Å². The SMILES string of the molecule is CC(C)(Oc1cc([S+](c2ccccc2)c2ccccc2)ccc1F)C1CCCCC1. The van der Waals surface area contributed by atoms with E-state index in [1.54, 1.807) is 6.07 Å². The molecule has 1 fully saturated rings. The Morgan fingerprint density at radius 3 is 1.90 bits per heavy atom. The lowest BCUT2D eigenvalue weighted by Gasteiger charge is -2.37. The highest BCUT2D eigenvalue weighted by atomic mass is 32.2. The van der Waals surface area contributed by atoms with E-state index in [4.69, 9.17) is 4.74 Å². The monoisotopic (exact) mass is 421 g/mol. The molecule has 0 bridgehead atoms. The van der Waals surface area contributed by atoms with Crippen LogP contribution >= 0.6 is 0 Å². The van der Waals surface area contributed by atoms with Gasteiger partial charge in [0, 0.05) is 6.07 Å². The minimum atomic E-state index is -0.377. The third-order valence-electron chi connectivity index (χ3n) is 6.06. The molecule has 156 valence electrons. The molecular weight excluding hydrogens is 391 g/mol. The topological polar surface area (TPSA) is 9.23 Å². The van der Waals surface area contributed by atoms with Gasteiger partial charge in [0.25, 0.3) is 0 Å². The number of halogens is 1. The molecule has 0 unspecified atom stereocenters. The zero-order valence-electron chi connectivity index (χ0n) is 17.8. The Morgan fingerprint density at radius 1 is 0.767 bits per heavy atom. The summed E-state index contributed by atoms with van der Waals surface area (Å²) in [7, 11) is -0.313. The van der Waals surface area contributed by atoms with Crippen LogP contribution in [0.2, 0.25) is 0 Å². The lowest BCUT2D eigenvalue weighted by molar-refractivity contribution is 0.0217. The van der Waals surface area contributed by atoms with Crippen LogP contribution < -0.4 is 4.74 Å². The second kappa shape index (κ2) is 9.26. The van der Waals surface area contributed by atoms with Crippen molar-refractivity contribution in [2.24, 2.45) is 5.92 Å². The Morgan fingerprint density at radius 2 is 1.33 bits per heavy atom. The first-order valence-corrected chi connectivity index (χ1v) is 12.1. The highest BCUT2D eigenvalue weighted by molar-refractivity contribution is 7.97. The second-order valence-corrected chi connectivity index (χ2v) is 10.6. The van der Waals surface area contributed by atoms with Gasteiger partial charge in [-0.1, -0.05) is 55.7 Å². The molecule has 0 amide bonds. The molecule has 1 aliphatic carbocycles. The lowest BCUT2D eigenvalue weighted by atomic mass is 9.79. The van der Waals surface area contributed by atoms with Crippen molar-refractivity contribution in [2.75, 3.05) is 0 Å². The smallest absolute Gasteiger partial charge is 0.170 e. The van der Waals surface area contributed by atoms with Crippen molar-refractivity contribution in [2.45, 2.75) is 66.2 Å². The molecule has 0 saturated heterocycles. The van der Waals surface area contributed by atoms with Crippen molar-refractivity contribution in [3.63, 3.8) is 0 Å². The van der Waals surface area contributed by atoms with Gasteiger partial charge in [-0.3, -0.25) is 0 Å². The van der Waals surface area contributed by atoms with Gasteiger partial charge in [-0.15, -0.1) is 0 Å². The van der Waals surface area contributed by atoms with Crippen LogP contribution in [0.1, 0.15) is 46.0 Å². The van der Waals surface area contributed by atoms with E-state index in [0.717, 1.165) is 17.7 Å². The van der Waals surface area contributed by atoms with Gasteiger partial charge in [-0.25, -0.2) is 4.39 Å². The highest BCUT2D eigenvalue weighted by Gasteiger charge is 2.35. The minimum Gasteiger partial charge on any atom is -0.484 e. The van der Waals surface area contributed by atoms with Crippen molar-refractivity contribution in [3.8, 4) is 5.75 Å². The molecule has 1 saturated carbocycles. The lowest BCUT2D eigenvalue weighted by Crippen LogP contribution is -2.39. The number of ether oxygens (including phenoxy) is 1. The van der Waals surface area contributed by atoms with Crippen LogP contribution in [-0.2, 0) is 10.9 Å². The summed E-state index contributed by atoms with van der Waals surface area (Å²) in [5.41, 5.74) is -0.377. The number of hydrogen-bond donors (Lipinski definition) is 0. The number of hydrogen-bond acceptors (Lipinski definition) is 1. The molecule has 4 rings (SSSR count). The average Bonchev–Trinajstić information content (AvgIpc) is 2.78. The van der Waals surface area contributed by atoms with Crippen molar-refractivity contribution < 1.29 is 9.13 Å². The Balaban J connectivity index is 1.69. The van der Waals surface area contributed by atoms with Gasteiger partial charge in [0.05, 0.1) is 10.9 Å². The molecule has 3 aromatic carbocycles. The summed E-state index contributed by atoms with van der Waals surface area (Å²) in [5.74, 6) is 0.551. The van der Waals surface area contributed by atoms with Crippen LogP contribution in [-0.4, -0.2) is 5.60 Å². The van der Waals surface area contributed by atoms with E-state index in [1.807, 2.05) is 24.3 Å². The fraction of sp³-hybridized carbons (Fsp3) is 0.333. The fourth-order valence-electron chi connectivity index (χ4n) is 4.37. The van der Waals surface area contributed by atoms with Crippen LogP contribution in [0.4, 0.5) is 4.39 Å². The van der Waals surface area contributed by atoms with E-state index < -0.39 is 0 Å². The van der Waals surface area contributed by atoms with Gasteiger partial charge in [-0.05, 0) is 69.0 Å². The molecule has 3 heteroatoms. The van der Waals surface area contributed by atoms with Gasteiger partial charge in [0.1, 0.15) is 5.60 Å². The first kappa shape index (κ1) is 21.0. The van der Waals surface area contributed by atoms with Gasteiger partial charge in [-0.2, -0.15) is 0 Å². The molecule has 0 N–H and O–H groups in total. The third-order valence-corrected chi connectivity index (χ3v) is 8.27. The van der Waals surface area contributed by atoms with E-state index in [2.05, 4.69) is 62.4 Å². The third kappa shape index (κ3) is 4.73. The molecule has 0 atom stereocenters. The molecule has 0 radical (unpaired) electrons. The van der Waals surface area contributed by atoms with Gasteiger partial charge >= 0.3 is 0 Å². The van der Waals surface area contributed by atoms with Gasteiger partial charge in [0.2, 0.25) is 0 Å². The van der Waals surface area contributed by atoms with Crippen molar-refractivity contribution in [1.82, 2.24) is 0 Å². The molecule has 0 aliphatic heterocycles. The average molecular weight is 422 g/mol. The Bertz CT molecular complexity index is 910. The summed E-state index contributed by atoms with van der Waals surface area (Å²) in [6, 6.07) is 26.3. The van der Waals surface area contributed by atoms with Gasteiger partial charge < -0.3 is 4.74 Å². The van der Waals surface area contributed by atoms with Crippen LogP contribution in [0.5, 0.6) is 5.75 Å². The predicted octanol–water partition coefficient (Wildman–Crippen LogP) is 7.66. The maximum atomic E-state index is 14.8. The normalized spacial score (nSPS) is 15.3. The standard InChI is InChI=1S/C27H30FOS/c1-27(2,21-12-6-3-7-13-21)29-26-20-24(18-19-25(26)28)30(22-14-8-4-9-15-22)23-16-10-5-11-17-23/h4-5,8-11,14-21H,3,6-7,12-13H2,1-2H3/q+1. The van der Waals surface area contributed by atoms with E-state index in [1.165, 1.54) is 29.1 Å². The maximum absolute atomic E-state index is 14.8. The largest absolute Gasteiger partial charge is 0.484 e. The van der Waals surface area contributed by atoms with Crippen LogP contribution in [0.25, 0.3) is 0 Å². The van der Waals surface area contributed by atoms with E-state index in [9.17, 15) is 4.39 Å². The predicted molar refractivity (Wildman–Crippen MR) is 123 cm³/mol. The number of rotatable bonds is 6. The zero-order valence-corrected chi connectivity index (χ0v) is 18.6. The molecular formula is C27H30FOS+. The Hall–Kier alpha value is -2.26. The van der Waals surface area contributed by atoms with E-state index in [-0.39, 0.29) is 22.3 Å². The van der Waals surface area contributed by atoms with Crippen LogP contribution in [0.3, 0.4) is 0 Å². The summed E-state index contributed by atoms with van der Waals surface area (Å²) >= 11 is 0. The molecule has 30 heavy (non-hydrogen) atoms. The molecule has 1 aliphatic rings. The summed E-state index contributed by atoms with van der Waals surface area (Å²) in [5, 5.41) is 0. The molecule has 0 heterocycles. The molecule has 0 aromatic heterocycles. The maximum Gasteiger partial charge on any atom is 0.170 e. The van der Waals surface area contributed by atoms with E-state index >= 15 is 0 Å². The molecule has 3 aromatic rings. The van der Waals surface area contributed by atoms with Crippen LogP contribution in [0.15, 0.2) is 93.5 Å². The first-order valence-electron chi connectivity index (χ1n) is 10.9. The fourth-order valence-corrected chi connectivity index (χ4v) is 6.48. The summed E-state index contributed by atoms with van der Waals surface area (Å²) in [6.45, 7) is 4.23. The van der Waals surface area contributed by atoms with Crippen LogP contribution in [0, 0.1) is 11.7 Å². The zero-order chi connectivity index (χ0) is 21.0. The van der Waals surface area contributed by atoms with Crippen molar-refractivity contribution in [1.29, 1.82) is 0 Å². The summed E-state index contributed by atoms with van der Waals surface area (Å²) in [4.78, 5) is 3.50. The molecule has 1 nitrogen and oxygen atoms in total. The second-order valence-electron chi connectivity index (χ2n) is 8.56. The molecule has 0 spiro atoms. The Labute approximate surface area is 182 Å². The quantitative estimate of drug-likeness (QED) is 0.371. The summed E-state index contributed by atoms with van der Waals surface area (Å²) in [6.07, 6.45) is 6.10. The van der Waals surface area contributed by atoms with Gasteiger partial charge in [0.15, 0.2) is 26.3 Å². The Kier molecular flexibility index (Phi) is 6.48.